The molecule has 3 aromatic rings. The first-order valence-corrected chi connectivity index (χ1v) is 10.8. The highest BCUT2D eigenvalue weighted by Crippen LogP contribution is 2.42. The van der Waals surface area contributed by atoms with Gasteiger partial charge in [0.25, 0.3) is 5.91 Å². The van der Waals surface area contributed by atoms with Crippen molar-refractivity contribution >= 4 is 17.5 Å². The van der Waals surface area contributed by atoms with Gasteiger partial charge in [-0.3, -0.25) is 4.79 Å². The third-order valence-corrected chi connectivity index (χ3v) is 5.66. The Hall–Kier alpha value is -3.36. The van der Waals surface area contributed by atoms with Crippen molar-refractivity contribution in [1.29, 1.82) is 0 Å². The van der Waals surface area contributed by atoms with Crippen LogP contribution >= 0.6 is 11.6 Å². The van der Waals surface area contributed by atoms with Crippen molar-refractivity contribution in [3.05, 3.63) is 46.7 Å². The summed E-state index contributed by atoms with van der Waals surface area (Å²) in [6.45, 7) is -2.41. The van der Waals surface area contributed by atoms with Gasteiger partial charge in [0.2, 0.25) is 5.88 Å². The Morgan fingerprint density at radius 1 is 1.14 bits per heavy atom. The van der Waals surface area contributed by atoms with E-state index in [1.54, 1.807) is 0 Å². The van der Waals surface area contributed by atoms with Crippen LogP contribution in [0, 0.1) is 0 Å². The van der Waals surface area contributed by atoms with E-state index < -0.39 is 48.1 Å². The predicted octanol–water partition coefficient (Wildman–Crippen LogP) is 5.41. The van der Waals surface area contributed by atoms with Crippen LogP contribution in [0.4, 0.5) is 35.1 Å². The minimum Gasteiger partial charge on any atom is -0.469 e. The first-order valence-electron chi connectivity index (χ1n) is 10.5. The summed E-state index contributed by atoms with van der Waals surface area (Å²) in [7, 11) is 1.00. The summed E-state index contributed by atoms with van der Waals surface area (Å²) in [5.41, 5.74) is -0.953. The molecule has 0 unspecified atom stereocenters. The van der Waals surface area contributed by atoms with Gasteiger partial charge in [-0.2, -0.15) is 40.2 Å². The highest BCUT2D eigenvalue weighted by atomic mass is 35.5. The highest BCUT2D eigenvalue weighted by Gasteiger charge is 2.58. The van der Waals surface area contributed by atoms with Crippen LogP contribution in [0.3, 0.4) is 0 Å². The number of aromatic nitrogens is 4. The quantitative estimate of drug-likeness (QED) is 0.394. The normalized spacial score (nSPS) is 14.6. The molecule has 0 spiro atoms. The van der Waals surface area contributed by atoms with E-state index in [1.165, 1.54) is 18.2 Å². The molecule has 4 rings (SSSR count). The molecule has 2 aromatic heterocycles. The van der Waals surface area contributed by atoms with Crippen LogP contribution in [-0.4, -0.2) is 50.2 Å². The smallest absolute Gasteiger partial charge is 0.456 e. The fourth-order valence-corrected chi connectivity index (χ4v) is 3.50. The molecule has 1 aliphatic carbocycles. The van der Waals surface area contributed by atoms with E-state index in [0.717, 1.165) is 32.3 Å². The van der Waals surface area contributed by atoms with E-state index >= 15 is 0 Å². The lowest BCUT2D eigenvalue weighted by Gasteiger charge is -2.19. The molecule has 0 aliphatic heterocycles. The summed E-state index contributed by atoms with van der Waals surface area (Å²) in [6, 6.07) is 4.39. The largest absolute Gasteiger partial charge is 0.469 e. The number of alkyl halides is 8. The zero-order valence-electron chi connectivity index (χ0n) is 18.6. The second-order valence-electron chi connectivity index (χ2n) is 8.23. The van der Waals surface area contributed by atoms with Crippen molar-refractivity contribution in [3.8, 4) is 22.8 Å². The summed E-state index contributed by atoms with van der Waals surface area (Å²) in [5.74, 6) is -8.11. The van der Waals surface area contributed by atoms with Crippen LogP contribution in [0.5, 0.6) is 5.88 Å². The molecule has 7 nitrogen and oxygen atoms in total. The van der Waals surface area contributed by atoms with Gasteiger partial charge in [0.1, 0.15) is 0 Å². The second kappa shape index (κ2) is 9.19. The van der Waals surface area contributed by atoms with E-state index in [1.807, 2.05) is 0 Å². The Kier molecular flexibility index (Phi) is 6.63. The highest BCUT2D eigenvalue weighted by molar-refractivity contribution is 6.34. The lowest BCUT2D eigenvalue weighted by Crippen LogP contribution is -2.42. The van der Waals surface area contributed by atoms with Crippen LogP contribution in [-0.2, 0) is 13.2 Å². The van der Waals surface area contributed by atoms with Crippen LogP contribution in [0.1, 0.15) is 28.8 Å². The van der Waals surface area contributed by atoms with Gasteiger partial charge in [0.05, 0.1) is 16.8 Å². The number of rotatable bonds is 7. The Balaban J connectivity index is 1.68. The Labute approximate surface area is 207 Å². The lowest BCUT2D eigenvalue weighted by molar-refractivity contribution is -0.290. The zero-order chi connectivity index (χ0) is 27.3. The molecule has 0 bridgehead atoms. The van der Waals surface area contributed by atoms with Gasteiger partial charge >= 0.3 is 18.3 Å². The molecule has 37 heavy (non-hydrogen) atoms. The van der Waals surface area contributed by atoms with Crippen molar-refractivity contribution in [2.24, 2.45) is 7.05 Å². The summed E-state index contributed by atoms with van der Waals surface area (Å²) in [5, 5.41) is 10.1. The molecule has 1 fully saturated rings. The fourth-order valence-electron chi connectivity index (χ4n) is 3.30. The van der Waals surface area contributed by atoms with Crippen molar-refractivity contribution in [3.63, 3.8) is 0 Å². The van der Waals surface area contributed by atoms with Crippen LogP contribution in [0.2, 0.25) is 5.02 Å². The first kappa shape index (κ1) is 26.7. The summed E-state index contributed by atoms with van der Waals surface area (Å²) >= 11 is 6.11. The Morgan fingerprint density at radius 3 is 2.41 bits per heavy atom. The maximum Gasteiger partial charge on any atom is 0.456 e. The summed E-state index contributed by atoms with van der Waals surface area (Å²) in [6.07, 6.45) is -7.33. The van der Waals surface area contributed by atoms with Crippen molar-refractivity contribution in [2.75, 3.05) is 6.61 Å². The molecule has 0 saturated heterocycles. The third-order valence-electron chi connectivity index (χ3n) is 5.33. The molecule has 1 amide bonds. The minimum atomic E-state index is -6.03. The number of carbonyl (C=O) groups excluding carboxylic acids is 1. The molecule has 0 atom stereocenters. The number of nitrogens with one attached hydrogen (secondary N) is 1. The van der Waals surface area contributed by atoms with E-state index in [-0.39, 0.29) is 22.2 Å². The monoisotopic (exact) mass is 557 g/mol. The second-order valence-corrected chi connectivity index (χ2v) is 8.64. The first-order chi connectivity index (χ1) is 17.1. The van der Waals surface area contributed by atoms with Gasteiger partial charge in [0.15, 0.2) is 18.0 Å². The molecular weight excluding hydrogens is 542 g/mol. The maximum absolute atomic E-state index is 13.8. The molecule has 1 N–H and O–H groups in total. The topological polar surface area (TPSA) is 74.0 Å². The number of carbonyl (C=O) groups is 1. The number of amides is 1. The summed E-state index contributed by atoms with van der Waals surface area (Å²) < 4.78 is 111. The minimum absolute atomic E-state index is 0.0492. The van der Waals surface area contributed by atoms with Crippen molar-refractivity contribution in [2.45, 2.75) is 37.2 Å². The van der Waals surface area contributed by atoms with Crippen molar-refractivity contribution < 1.29 is 44.7 Å². The van der Waals surface area contributed by atoms with E-state index in [0.29, 0.717) is 14.9 Å². The van der Waals surface area contributed by atoms with Gasteiger partial charge in [0, 0.05) is 24.8 Å². The average molecular weight is 558 g/mol. The average Bonchev–Trinajstić information content (AvgIpc) is 3.33. The number of nitrogens with zero attached hydrogens (tertiary/aromatic N) is 4. The number of benzene rings is 1. The van der Waals surface area contributed by atoms with Crippen LogP contribution in [0.25, 0.3) is 16.9 Å². The SMILES string of the molecule is Cn1nc(OCC(F)(F)C(F)(F)F)c(C(F)(F)F)c1-n1cc(-c2ccc(Cl)c(C(=O)NC3CC3)c2)cn1. The summed E-state index contributed by atoms with van der Waals surface area (Å²) in [4.78, 5) is 12.4. The number of aryl methyl sites for hydroxylation is 1. The number of hydrogen-bond donors (Lipinski definition) is 1. The number of hydrogen-bond acceptors (Lipinski definition) is 4. The van der Waals surface area contributed by atoms with Crippen LogP contribution in [0.15, 0.2) is 30.6 Å². The Morgan fingerprint density at radius 2 is 1.81 bits per heavy atom. The molecule has 200 valence electrons. The van der Waals surface area contributed by atoms with Gasteiger partial charge in [-0.25, -0.2) is 9.36 Å². The van der Waals surface area contributed by atoms with Gasteiger partial charge in [-0.05, 0) is 30.5 Å². The molecular formula is C21H16ClF8N5O2. The van der Waals surface area contributed by atoms with E-state index in [9.17, 15) is 39.9 Å². The molecule has 2 heterocycles. The molecule has 0 radical (unpaired) electrons. The van der Waals surface area contributed by atoms with Crippen molar-refractivity contribution in [1.82, 2.24) is 24.9 Å². The third kappa shape index (κ3) is 5.50. The Bertz CT molecular complexity index is 1330. The van der Waals surface area contributed by atoms with Crippen LogP contribution < -0.4 is 10.1 Å². The molecule has 1 saturated carbocycles. The molecule has 16 heteroatoms. The van der Waals surface area contributed by atoms with Gasteiger partial charge in [-0.15, -0.1) is 5.10 Å². The number of halogens is 9. The maximum atomic E-state index is 13.8. The fraction of sp³-hybridized carbons (Fsp3) is 0.381. The predicted molar refractivity (Wildman–Crippen MR) is 113 cm³/mol. The zero-order valence-corrected chi connectivity index (χ0v) is 19.3. The van der Waals surface area contributed by atoms with Gasteiger partial charge in [-0.1, -0.05) is 17.7 Å². The van der Waals surface area contributed by atoms with E-state index in [2.05, 4.69) is 20.3 Å². The molecule has 1 aliphatic rings. The van der Waals surface area contributed by atoms with Gasteiger partial charge < -0.3 is 10.1 Å². The standard InChI is InChI=1S/C21H16ClF8N5O2/c1-34-18(15(20(25,26)27)17(33-34)37-9-19(23,24)21(28,29)30)35-8-11(7-31-35)10-2-5-14(22)13(6-10)16(36)32-12-3-4-12/h2,5-8,12H,3-4,9H2,1H3,(H,32,36). The van der Waals surface area contributed by atoms with E-state index in [4.69, 9.17) is 11.6 Å². The number of ether oxygens (including phenoxy) is 1. The molecule has 1 aromatic carbocycles. The lowest BCUT2D eigenvalue weighted by atomic mass is 10.1.